The Morgan fingerprint density at radius 1 is 1.07 bits per heavy atom. The maximum Gasteiger partial charge on any atom is 0.178 e. The van der Waals surface area contributed by atoms with Crippen LogP contribution in [0.3, 0.4) is 0 Å². The van der Waals surface area contributed by atoms with Crippen molar-refractivity contribution in [3.8, 4) is 11.8 Å². The minimum atomic E-state index is -0.608. The normalized spacial score (nSPS) is 17.6. The monoisotopic (exact) mass is 377 g/mol. The van der Waals surface area contributed by atoms with Crippen molar-refractivity contribution in [2.45, 2.75) is 26.2 Å². The number of piperazine rings is 1. The molecule has 0 spiro atoms. The molecular formula is C23H27N3O2. The summed E-state index contributed by atoms with van der Waals surface area (Å²) in [5.41, 5.74) is 3.13. The van der Waals surface area contributed by atoms with E-state index in [4.69, 9.17) is 10.00 Å². The summed E-state index contributed by atoms with van der Waals surface area (Å²) in [6.45, 7) is 7.12. The van der Waals surface area contributed by atoms with E-state index >= 15 is 0 Å². The Morgan fingerprint density at radius 3 is 2.29 bits per heavy atom. The molecule has 1 N–H and O–H groups in total. The van der Waals surface area contributed by atoms with Gasteiger partial charge >= 0.3 is 0 Å². The van der Waals surface area contributed by atoms with Crippen molar-refractivity contribution in [1.29, 1.82) is 5.26 Å². The molecule has 1 heterocycles. The molecule has 28 heavy (non-hydrogen) atoms. The number of anilines is 1. The molecule has 1 fully saturated rings. The molecule has 2 aromatic rings. The minimum Gasteiger partial charge on any atom is -0.472 e. The van der Waals surface area contributed by atoms with Crippen molar-refractivity contribution in [1.82, 2.24) is 4.90 Å². The molecular weight excluding hydrogens is 350 g/mol. The van der Waals surface area contributed by atoms with Crippen LogP contribution in [-0.4, -0.2) is 48.5 Å². The largest absolute Gasteiger partial charge is 0.472 e. The Labute approximate surface area is 167 Å². The molecule has 0 bridgehead atoms. The molecule has 5 heteroatoms. The molecule has 2 unspecified atom stereocenters. The first-order valence-electron chi connectivity index (χ1n) is 9.64. The molecule has 1 saturated heterocycles. The predicted molar refractivity (Wildman–Crippen MR) is 112 cm³/mol. The number of nitrogens with zero attached hydrogens (tertiary/aromatic N) is 3. The van der Waals surface area contributed by atoms with Gasteiger partial charge in [-0.15, -0.1) is 0 Å². The van der Waals surface area contributed by atoms with Crippen LogP contribution in [0.2, 0.25) is 0 Å². The highest BCUT2D eigenvalue weighted by Crippen LogP contribution is 2.22. The summed E-state index contributed by atoms with van der Waals surface area (Å²) in [6.07, 6.45) is 0.531. The van der Waals surface area contributed by atoms with Gasteiger partial charge in [-0.25, -0.2) is 0 Å². The van der Waals surface area contributed by atoms with Crippen molar-refractivity contribution in [2.75, 3.05) is 31.1 Å². The van der Waals surface area contributed by atoms with Gasteiger partial charge in [0.15, 0.2) is 6.23 Å². The van der Waals surface area contributed by atoms with Crippen LogP contribution in [0.1, 0.15) is 19.4 Å². The SMILES string of the molecule is C/C(=C/C#N)c1ccc(OC(C(C)O)N2CCN(c3ccccc3)CC2)cc1. The number of hydrogen-bond acceptors (Lipinski definition) is 5. The Balaban J connectivity index is 1.63. The number of benzene rings is 2. The van der Waals surface area contributed by atoms with Crippen molar-refractivity contribution in [3.05, 3.63) is 66.2 Å². The second kappa shape index (κ2) is 9.41. The Morgan fingerprint density at radius 2 is 1.71 bits per heavy atom. The van der Waals surface area contributed by atoms with Gasteiger partial charge in [-0.05, 0) is 49.2 Å². The van der Waals surface area contributed by atoms with E-state index in [-0.39, 0.29) is 6.23 Å². The van der Waals surface area contributed by atoms with E-state index < -0.39 is 6.10 Å². The molecule has 2 aromatic carbocycles. The molecule has 0 radical (unpaired) electrons. The summed E-state index contributed by atoms with van der Waals surface area (Å²) in [5.74, 6) is 0.713. The van der Waals surface area contributed by atoms with Gasteiger partial charge < -0.3 is 14.7 Å². The smallest absolute Gasteiger partial charge is 0.178 e. The summed E-state index contributed by atoms with van der Waals surface area (Å²) in [7, 11) is 0. The highest BCUT2D eigenvalue weighted by atomic mass is 16.5. The molecule has 0 saturated carbocycles. The van der Waals surface area contributed by atoms with Gasteiger partial charge in [-0.1, -0.05) is 30.3 Å². The molecule has 0 aliphatic carbocycles. The van der Waals surface area contributed by atoms with E-state index in [0.717, 1.165) is 37.3 Å². The number of hydrogen-bond donors (Lipinski definition) is 1. The lowest BCUT2D eigenvalue weighted by Gasteiger charge is -2.40. The number of para-hydroxylation sites is 1. The zero-order valence-corrected chi connectivity index (χ0v) is 16.5. The maximum absolute atomic E-state index is 10.3. The zero-order chi connectivity index (χ0) is 19.9. The van der Waals surface area contributed by atoms with Crippen LogP contribution in [-0.2, 0) is 0 Å². The highest BCUT2D eigenvalue weighted by molar-refractivity contribution is 5.66. The lowest BCUT2D eigenvalue weighted by molar-refractivity contribution is -0.0601. The fraction of sp³-hybridized carbons (Fsp3) is 0.348. The lowest BCUT2D eigenvalue weighted by Crippen LogP contribution is -2.55. The van der Waals surface area contributed by atoms with Gasteiger partial charge in [0.1, 0.15) is 11.9 Å². The second-order valence-electron chi connectivity index (χ2n) is 7.09. The van der Waals surface area contributed by atoms with Gasteiger partial charge in [-0.2, -0.15) is 5.26 Å². The Kier molecular flexibility index (Phi) is 6.70. The zero-order valence-electron chi connectivity index (χ0n) is 16.5. The maximum atomic E-state index is 10.3. The number of aliphatic hydroxyl groups is 1. The third-order valence-corrected chi connectivity index (χ3v) is 5.06. The van der Waals surface area contributed by atoms with Gasteiger partial charge in [0, 0.05) is 37.9 Å². The lowest BCUT2D eigenvalue weighted by atomic mass is 10.1. The molecule has 0 amide bonds. The number of aliphatic hydroxyl groups excluding tert-OH is 1. The van der Waals surface area contributed by atoms with Gasteiger partial charge in [0.25, 0.3) is 0 Å². The van der Waals surface area contributed by atoms with Gasteiger partial charge in [0.05, 0.1) is 6.07 Å². The average Bonchev–Trinajstić information content (AvgIpc) is 2.73. The van der Waals surface area contributed by atoms with E-state index in [0.29, 0.717) is 5.75 Å². The number of ether oxygens (including phenoxy) is 1. The first-order valence-corrected chi connectivity index (χ1v) is 9.64. The van der Waals surface area contributed by atoms with Crippen LogP contribution in [0.25, 0.3) is 5.57 Å². The molecule has 2 atom stereocenters. The van der Waals surface area contributed by atoms with Crippen molar-refractivity contribution in [3.63, 3.8) is 0 Å². The highest BCUT2D eigenvalue weighted by Gasteiger charge is 2.28. The van der Waals surface area contributed by atoms with Crippen LogP contribution < -0.4 is 9.64 Å². The van der Waals surface area contributed by atoms with Gasteiger partial charge in [0.2, 0.25) is 0 Å². The third kappa shape index (κ3) is 4.92. The topological polar surface area (TPSA) is 59.7 Å². The van der Waals surface area contributed by atoms with E-state index in [1.807, 2.05) is 43.3 Å². The molecule has 3 rings (SSSR count). The Hall–Kier alpha value is -2.81. The van der Waals surface area contributed by atoms with Crippen molar-refractivity contribution >= 4 is 11.3 Å². The van der Waals surface area contributed by atoms with Crippen LogP contribution in [0, 0.1) is 11.3 Å². The minimum absolute atomic E-state index is 0.389. The fourth-order valence-corrected chi connectivity index (χ4v) is 3.47. The van der Waals surface area contributed by atoms with Crippen LogP contribution in [0.4, 0.5) is 5.69 Å². The average molecular weight is 377 g/mol. The van der Waals surface area contributed by atoms with E-state index in [9.17, 15) is 5.11 Å². The number of rotatable bonds is 6. The molecule has 0 aromatic heterocycles. The summed E-state index contributed by atoms with van der Waals surface area (Å²) >= 11 is 0. The molecule has 1 aliphatic heterocycles. The molecule has 146 valence electrons. The first kappa shape index (κ1) is 19.9. The van der Waals surface area contributed by atoms with Crippen molar-refractivity contribution < 1.29 is 9.84 Å². The summed E-state index contributed by atoms with van der Waals surface area (Å²) < 4.78 is 6.12. The van der Waals surface area contributed by atoms with E-state index in [1.165, 1.54) is 11.8 Å². The van der Waals surface area contributed by atoms with Crippen LogP contribution in [0.15, 0.2) is 60.7 Å². The first-order chi connectivity index (χ1) is 13.6. The Bertz CT molecular complexity index is 817. The summed E-state index contributed by atoms with van der Waals surface area (Å²) in [4.78, 5) is 4.55. The van der Waals surface area contributed by atoms with Gasteiger partial charge in [-0.3, -0.25) is 4.90 Å². The quantitative estimate of drug-likeness (QED) is 0.781. The van der Waals surface area contributed by atoms with E-state index in [2.05, 4.69) is 34.1 Å². The van der Waals surface area contributed by atoms with Crippen LogP contribution in [0.5, 0.6) is 5.75 Å². The summed E-state index contributed by atoms with van der Waals surface area (Å²) in [6, 6.07) is 20.1. The fourth-order valence-electron chi connectivity index (χ4n) is 3.47. The number of nitriles is 1. The van der Waals surface area contributed by atoms with Crippen molar-refractivity contribution in [2.24, 2.45) is 0 Å². The standard InChI is InChI=1S/C23H27N3O2/c1-18(12-13-24)20-8-10-22(11-9-20)28-23(19(2)27)26-16-14-25(15-17-26)21-6-4-3-5-7-21/h3-12,19,23,27H,14-17H2,1-2H3/b18-12-. The molecule has 1 aliphatic rings. The number of allylic oxidation sites excluding steroid dienone is 2. The molecule has 5 nitrogen and oxygen atoms in total. The second-order valence-corrected chi connectivity index (χ2v) is 7.09. The van der Waals surface area contributed by atoms with E-state index in [1.54, 1.807) is 6.92 Å². The predicted octanol–water partition coefficient (Wildman–Crippen LogP) is 3.52. The van der Waals surface area contributed by atoms with Crippen LogP contribution >= 0.6 is 0 Å². The third-order valence-electron chi connectivity index (χ3n) is 5.06. The summed E-state index contributed by atoms with van der Waals surface area (Å²) in [5, 5.41) is 19.1.